The molecular weight excluding hydrogens is 482 g/mol. The molecule has 0 unspecified atom stereocenters. The summed E-state index contributed by atoms with van der Waals surface area (Å²) in [7, 11) is 0. The number of ether oxygens (including phenoxy) is 1. The van der Waals surface area contributed by atoms with Gasteiger partial charge in [-0.05, 0) is 158 Å². The van der Waals surface area contributed by atoms with Crippen molar-refractivity contribution in [2.45, 2.75) is 186 Å². The Morgan fingerprint density at radius 3 is 1.28 bits per heavy atom. The first-order valence-electron chi connectivity index (χ1n) is 17.6. The molecule has 0 aromatic rings. The van der Waals surface area contributed by atoms with Crippen molar-refractivity contribution in [1.82, 2.24) is 4.90 Å². The molecule has 0 aliphatic heterocycles. The fraction of sp³-hybridized carbons (Fsp3) is 1.00. The van der Waals surface area contributed by atoms with Crippen molar-refractivity contribution in [3.63, 3.8) is 0 Å². The van der Waals surface area contributed by atoms with Crippen LogP contribution in [0.3, 0.4) is 0 Å². The second-order valence-electron chi connectivity index (χ2n) is 15.5. The van der Waals surface area contributed by atoms with Gasteiger partial charge in [0, 0.05) is 18.1 Å². The third kappa shape index (κ3) is 7.63. The molecule has 226 valence electrons. The minimum atomic E-state index is -0.0995. The van der Waals surface area contributed by atoms with Crippen LogP contribution in [0.2, 0.25) is 0 Å². The van der Waals surface area contributed by atoms with Gasteiger partial charge < -0.3 is 14.9 Å². The maximum absolute atomic E-state index is 10.2. The molecule has 0 atom stereocenters. The highest BCUT2D eigenvalue weighted by atomic mass is 16.5. The van der Waals surface area contributed by atoms with E-state index in [1.165, 1.54) is 77.0 Å². The van der Waals surface area contributed by atoms with Crippen LogP contribution in [0.15, 0.2) is 0 Å². The number of aliphatic hydroxyl groups excluding tert-OH is 2. The lowest BCUT2D eigenvalue weighted by atomic mass is 9.60. The fourth-order valence-corrected chi connectivity index (χ4v) is 9.82. The number of nitrogens with zero attached hydrogens (tertiary/aromatic N) is 1. The normalized spacial score (nSPS) is 44.2. The summed E-state index contributed by atoms with van der Waals surface area (Å²) in [6, 6.07) is 2.43. The third-order valence-electron chi connectivity index (χ3n) is 12.8. The Balaban J connectivity index is 1.18. The maximum atomic E-state index is 10.2. The minimum Gasteiger partial charge on any atom is -0.393 e. The Bertz CT molecular complexity index is 659. The summed E-state index contributed by atoms with van der Waals surface area (Å²) in [5, 5.41) is 20.4. The summed E-state index contributed by atoms with van der Waals surface area (Å²) in [5.41, 5.74) is 0.181. The lowest BCUT2D eigenvalue weighted by Gasteiger charge is -2.50. The standard InChI is InChI=1S/C35H63NO3/c1-25-4-12-29(13-5-25)36(30-14-6-26(2)7-15-30)31-16-22-34(23-17-31)39-24-35(3,27-8-18-32(37)19-9-27)28-10-20-33(38)21-11-28/h25-34,37-38H,4-24H2,1-3H3. The Hall–Kier alpha value is -0.160. The third-order valence-corrected chi connectivity index (χ3v) is 12.8. The van der Waals surface area contributed by atoms with Crippen LogP contribution in [-0.4, -0.2) is 58.2 Å². The van der Waals surface area contributed by atoms with Gasteiger partial charge in [-0.2, -0.15) is 0 Å². The zero-order valence-electron chi connectivity index (χ0n) is 25.9. The lowest BCUT2D eigenvalue weighted by molar-refractivity contribution is -0.0987. The molecule has 0 radical (unpaired) electrons. The van der Waals surface area contributed by atoms with Crippen molar-refractivity contribution in [3.8, 4) is 0 Å². The highest BCUT2D eigenvalue weighted by Gasteiger charge is 2.45. The molecule has 0 amide bonds. The minimum absolute atomic E-state index is 0.0995. The summed E-state index contributed by atoms with van der Waals surface area (Å²) in [4.78, 5) is 3.10. The van der Waals surface area contributed by atoms with Gasteiger partial charge in [-0.3, -0.25) is 4.90 Å². The molecule has 5 fully saturated rings. The zero-order valence-corrected chi connectivity index (χ0v) is 25.9. The molecule has 0 aromatic carbocycles. The first-order valence-corrected chi connectivity index (χ1v) is 17.6. The number of rotatable bonds is 8. The molecule has 39 heavy (non-hydrogen) atoms. The van der Waals surface area contributed by atoms with E-state index in [9.17, 15) is 10.2 Å². The SMILES string of the molecule is CC1CCC(N(C2CCC(C)CC2)C2CCC(OCC(C)(C3CCC(O)CC3)C3CCC(O)CC3)CC2)CC1. The smallest absolute Gasteiger partial charge is 0.0576 e. The van der Waals surface area contributed by atoms with Crippen LogP contribution in [0, 0.1) is 29.1 Å². The summed E-state index contributed by atoms with van der Waals surface area (Å²) in [6.45, 7) is 8.32. The predicted octanol–water partition coefficient (Wildman–Crippen LogP) is 7.88. The molecule has 5 rings (SSSR count). The van der Waals surface area contributed by atoms with Crippen LogP contribution in [-0.2, 0) is 4.74 Å². The zero-order chi connectivity index (χ0) is 27.4. The molecule has 4 nitrogen and oxygen atoms in total. The highest BCUT2D eigenvalue weighted by molar-refractivity contribution is 4.95. The van der Waals surface area contributed by atoms with Gasteiger partial charge in [-0.25, -0.2) is 0 Å². The number of hydrogen-bond donors (Lipinski definition) is 2. The van der Waals surface area contributed by atoms with Crippen molar-refractivity contribution in [1.29, 1.82) is 0 Å². The summed E-state index contributed by atoms with van der Waals surface area (Å²) in [5.74, 6) is 3.14. The van der Waals surface area contributed by atoms with Gasteiger partial charge in [-0.1, -0.05) is 20.8 Å². The fourth-order valence-electron chi connectivity index (χ4n) is 9.82. The molecule has 5 aliphatic rings. The van der Waals surface area contributed by atoms with E-state index >= 15 is 0 Å². The van der Waals surface area contributed by atoms with Crippen LogP contribution in [0.4, 0.5) is 0 Å². The average molecular weight is 546 g/mol. The van der Waals surface area contributed by atoms with Crippen LogP contribution in [0.5, 0.6) is 0 Å². The van der Waals surface area contributed by atoms with Gasteiger partial charge in [0.2, 0.25) is 0 Å². The van der Waals surface area contributed by atoms with Gasteiger partial charge in [-0.15, -0.1) is 0 Å². The van der Waals surface area contributed by atoms with E-state index in [2.05, 4.69) is 25.7 Å². The first kappa shape index (κ1) is 30.3. The quantitative estimate of drug-likeness (QED) is 0.326. The monoisotopic (exact) mass is 545 g/mol. The van der Waals surface area contributed by atoms with Gasteiger partial charge in [0.15, 0.2) is 0 Å². The Morgan fingerprint density at radius 2 is 0.897 bits per heavy atom. The van der Waals surface area contributed by atoms with E-state index in [0.717, 1.165) is 87.9 Å². The van der Waals surface area contributed by atoms with Crippen LogP contribution < -0.4 is 0 Å². The van der Waals surface area contributed by atoms with Gasteiger partial charge in [0.05, 0.1) is 24.9 Å². The van der Waals surface area contributed by atoms with Crippen LogP contribution in [0.25, 0.3) is 0 Å². The molecule has 0 heterocycles. The van der Waals surface area contributed by atoms with Gasteiger partial charge in [0.1, 0.15) is 0 Å². The average Bonchev–Trinajstić information content (AvgIpc) is 2.95. The maximum Gasteiger partial charge on any atom is 0.0576 e. The largest absolute Gasteiger partial charge is 0.393 e. The van der Waals surface area contributed by atoms with Crippen molar-refractivity contribution < 1.29 is 14.9 Å². The predicted molar refractivity (Wildman–Crippen MR) is 161 cm³/mol. The van der Waals surface area contributed by atoms with E-state index in [1.807, 2.05) is 0 Å². The molecule has 0 saturated heterocycles. The van der Waals surface area contributed by atoms with Crippen LogP contribution >= 0.6 is 0 Å². The molecule has 0 aromatic heterocycles. The van der Waals surface area contributed by atoms with Crippen LogP contribution in [0.1, 0.15) is 149 Å². The lowest BCUT2D eigenvalue weighted by Crippen LogP contribution is -2.53. The van der Waals surface area contributed by atoms with E-state index in [4.69, 9.17) is 4.74 Å². The molecule has 5 aliphatic carbocycles. The Labute approximate surface area is 241 Å². The van der Waals surface area contributed by atoms with E-state index in [-0.39, 0.29) is 17.6 Å². The van der Waals surface area contributed by atoms with E-state index in [1.54, 1.807) is 0 Å². The molecule has 5 saturated carbocycles. The second-order valence-corrected chi connectivity index (χ2v) is 15.5. The summed E-state index contributed by atoms with van der Waals surface area (Å²) in [6.07, 6.45) is 25.1. The molecule has 2 N–H and O–H groups in total. The second kappa shape index (κ2) is 13.9. The summed E-state index contributed by atoms with van der Waals surface area (Å²) < 4.78 is 6.91. The highest BCUT2D eigenvalue weighted by Crippen LogP contribution is 2.49. The van der Waals surface area contributed by atoms with Crippen molar-refractivity contribution in [2.75, 3.05) is 6.61 Å². The Kier molecular flexibility index (Phi) is 10.8. The van der Waals surface area contributed by atoms with Crippen molar-refractivity contribution in [3.05, 3.63) is 0 Å². The Morgan fingerprint density at radius 1 is 0.538 bits per heavy atom. The molecular formula is C35H63NO3. The molecule has 4 heteroatoms. The van der Waals surface area contributed by atoms with E-state index < -0.39 is 0 Å². The summed E-state index contributed by atoms with van der Waals surface area (Å²) >= 11 is 0. The van der Waals surface area contributed by atoms with Gasteiger partial charge in [0.25, 0.3) is 0 Å². The number of aliphatic hydroxyl groups is 2. The first-order chi connectivity index (χ1) is 18.8. The molecule has 0 spiro atoms. The molecule has 0 bridgehead atoms. The van der Waals surface area contributed by atoms with E-state index in [0.29, 0.717) is 17.9 Å². The number of hydrogen-bond acceptors (Lipinski definition) is 4. The van der Waals surface area contributed by atoms with Crippen molar-refractivity contribution >= 4 is 0 Å². The van der Waals surface area contributed by atoms with Gasteiger partial charge >= 0.3 is 0 Å². The van der Waals surface area contributed by atoms with Crippen molar-refractivity contribution in [2.24, 2.45) is 29.1 Å². The topological polar surface area (TPSA) is 52.9 Å².